The van der Waals surface area contributed by atoms with Crippen molar-refractivity contribution < 1.29 is 19.4 Å². The van der Waals surface area contributed by atoms with E-state index in [1.807, 2.05) is 116 Å². The zero-order valence-corrected chi connectivity index (χ0v) is 24.2. The van der Waals surface area contributed by atoms with Crippen molar-refractivity contribution in [2.24, 2.45) is 9.98 Å². The van der Waals surface area contributed by atoms with Crippen molar-refractivity contribution in [3.05, 3.63) is 137 Å². The Morgan fingerprint density at radius 1 is 0.773 bits per heavy atom. The quantitative estimate of drug-likeness (QED) is 0.207. The first-order chi connectivity index (χ1) is 20.8. The van der Waals surface area contributed by atoms with Gasteiger partial charge in [0, 0.05) is 17.2 Å². The molecule has 1 unspecified atom stereocenters. The molecule has 0 aliphatic carbocycles. The second-order valence-corrected chi connectivity index (χ2v) is 11.3. The van der Waals surface area contributed by atoms with E-state index in [2.05, 4.69) is 11.9 Å². The van der Waals surface area contributed by atoms with Crippen LogP contribution in [0.4, 0.5) is 0 Å². The number of ether oxygens (including phenoxy) is 2. The number of carbonyl (C=O) groups is 1. The summed E-state index contributed by atoms with van der Waals surface area (Å²) in [6.07, 6.45) is 0.487. The van der Waals surface area contributed by atoms with Crippen molar-refractivity contribution in [2.45, 2.75) is 44.4 Å². The second-order valence-electron chi connectivity index (χ2n) is 11.3. The molecule has 1 atom stereocenters. The molecule has 6 rings (SSSR count). The Hall–Kier alpha value is -4.04. The van der Waals surface area contributed by atoms with Crippen LogP contribution in [0.25, 0.3) is 10.9 Å². The summed E-state index contributed by atoms with van der Waals surface area (Å²) in [4.78, 5) is 25.7. The Morgan fingerprint density at radius 3 is 1.95 bits per heavy atom. The van der Waals surface area contributed by atoms with Crippen molar-refractivity contribution in [3.63, 3.8) is 0 Å². The Balaban J connectivity index is 0.00000384. The van der Waals surface area contributed by atoms with Gasteiger partial charge in [-0.2, -0.15) is 0 Å². The van der Waals surface area contributed by atoms with E-state index in [0.717, 1.165) is 44.2 Å². The second kappa shape index (κ2) is 13.3. The molecule has 0 bridgehead atoms. The van der Waals surface area contributed by atoms with Crippen molar-refractivity contribution in [1.82, 2.24) is 4.98 Å². The summed E-state index contributed by atoms with van der Waals surface area (Å²) in [6.45, 7) is 4.70. The third kappa shape index (κ3) is 7.02. The number of carboxylic acids is 1. The van der Waals surface area contributed by atoms with Gasteiger partial charge in [-0.3, -0.25) is 4.79 Å². The number of carboxylic acid groups (broad SMARTS) is 1. The Bertz CT molecular complexity index is 1860. The molecule has 4 aromatic carbocycles. The van der Waals surface area contributed by atoms with Crippen LogP contribution in [-0.4, -0.2) is 57.9 Å². The number of para-hydroxylation sites is 3. The van der Waals surface area contributed by atoms with Crippen LogP contribution in [0.15, 0.2) is 119 Å². The Kier molecular flexibility index (Phi) is 9.49. The van der Waals surface area contributed by atoms with E-state index in [1.165, 1.54) is 0 Å². The molecule has 0 radical (unpaired) electrons. The molecule has 2 heterocycles. The number of fused-ring (bicyclic) bond motifs is 2. The summed E-state index contributed by atoms with van der Waals surface area (Å²) in [6, 6.07) is 35.6. The van der Waals surface area contributed by atoms with Crippen LogP contribution in [0.2, 0.25) is 0 Å². The van der Waals surface area contributed by atoms with Gasteiger partial charge < -0.3 is 14.6 Å². The first-order valence-corrected chi connectivity index (χ1v) is 14.4. The zero-order chi connectivity index (χ0) is 29.9. The normalized spacial score (nSPS) is 14.3. The summed E-state index contributed by atoms with van der Waals surface area (Å²) >= 11 is 0. The van der Waals surface area contributed by atoms with E-state index in [0.29, 0.717) is 25.4 Å². The molecule has 0 saturated carbocycles. The monoisotopic (exact) mass is 595 g/mol. The van der Waals surface area contributed by atoms with Crippen molar-refractivity contribution >= 4 is 46.4 Å². The molecular weight excluding hydrogens is 561 g/mol. The topological polar surface area (TPSA) is 93.4 Å². The molecule has 0 amide bonds. The van der Waals surface area contributed by atoms with Gasteiger partial charge in [-0.15, -0.1) is 0 Å². The number of aromatic nitrogens is 1. The van der Waals surface area contributed by atoms with E-state index >= 15 is 0 Å². The number of hydrogen-bond donors (Lipinski definition) is 1. The van der Waals surface area contributed by atoms with Crippen LogP contribution in [-0.2, 0) is 16.8 Å². The SMILES string of the molecule is CC1(COc2ccc(C(C)(CCC(=O)O)c3ccc(OCc4ccc5ccccc5n4)cc3)cc2)N=c2ccccc2=N1.[NaH]. The molecule has 0 saturated heterocycles. The first-order valence-electron chi connectivity index (χ1n) is 14.4. The van der Waals surface area contributed by atoms with Crippen molar-refractivity contribution in [3.8, 4) is 11.5 Å². The number of rotatable bonds is 11. The van der Waals surface area contributed by atoms with Crippen LogP contribution >= 0.6 is 0 Å². The predicted octanol–water partition coefficient (Wildman–Crippen LogP) is 5.38. The fraction of sp³-hybridized carbons (Fsp3) is 0.222. The molecule has 218 valence electrons. The molecule has 8 heteroatoms. The van der Waals surface area contributed by atoms with E-state index in [9.17, 15) is 9.90 Å². The summed E-state index contributed by atoms with van der Waals surface area (Å²) in [7, 11) is 0. The summed E-state index contributed by atoms with van der Waals surface area (Å²) in [5, 5.41) is 12.3. The maximum atomic E-state index is 11.6. The maximum absolute atomic E-state index is 11.6. The summed E-state index contributed by atoms with van der Waals surface area (Å²) in [5.41, 5.74) is 2.60. The summed E-state index contributed by atoms with van der Waals surface area (Å²) in [5.74, 6) is 0.603. The number of nitrogens with zero attached hydrogens (tertiary/aromatic N) is 3. The van der Waals surface area contributed by atoms with E-state index in [4.69, 9.17) is 19.5 Å². The average Bonchev–Trinajstić information content (AvgIpc) is 3.38. The molecular formula is C36H34N3NaO4. The molecule has 1 N–H and O–H groups in total. The van der Waals surface area contributed by atoms with Gasteiger partial charge in [-0.1, -0.05) is 67.6 Å². The van der Waals surface area contributed by atoms with E-state index < -0.39 is 17.0 Å². The van der Waals surface area contributed by atoms with Gasteiger partial charge in [0.25, 0.3) is 0 Å². The van der Waals surface area contributed by atoms with Crippen molar-refractivity contribution in [1.29, 1.82) is 0 Å². The van der Waals surface area contributed by atoms with Gasteiger partial charge >= 0.3 is 35.5 Å². The molecule has 0 spiro atoms. The number of aliphatic carboxylic acids is 1. The van der Waals surface area contributed by atoms with E-state index in [-0.39, 0.29) is 36.0 Å². The van der Waals surface area contributed by atoms with Crippen LogP contribution < -0.4 is 20.2 Å². The van der Waals surface area contributed by atoms with Crippen molar-refractivity contribution in [2.75, 3.05) is 6.61 Å². The van der Waals surface area contributed by atoms with Gasteiger partial charge in [-0.25, -0.2) is 15.0 Å². The van der Waals surface area contributed by atoms with Crippen LogP contribution in [0.5, 0.6) is 11.5 Å². The Morgan fingerprint density at radius 2 is 1.34 bits per heavy atom. The van der Waals surface area contributed by atoms with Gasteiger partial charge in [-0.05, 0) is 73.0 Å². The van der Waals surface area contributed by atoms with Gasteiger partial charge in [0.05, 0.1) is 21.9 Å². The van der Waals surface area contributed by atoms with Crippen LogP contribution in [0, 0.1) is 0 Å². The van der Waals surface area contributed by atoms with Crippen LogP contribution in [0.1, 0.15) is 43.5 Å². The zero-order valence-electron chi connectivity index (χ0n) is 24.2. The van der Waals surface area contributed by atoms with Gasteiger partial charge in [0.15, 0.2) is 5.66 Å². The molecule has 1 aromatic heterocycles. The van der Waals surface area contributed by atoms with Crippen LogP contribution in [0.3, 0.4) is 0 Å². The van der Waals surface area contributed by atoms with Gasteiger partial charge in [0.1, 0.15) is 24.7 Å². The standard InChI is InChI=1S/C36H33N3O4.Na.H/c1-35(22-21-34(40)41,26-12-17-29(18-13-26)42-23-28-16-11-25-7-3-4-8-31(25)37-28)27-14-19-30(20-15-27)43-24-36(2)38-32-9-5-6-10-33(32)39-36;;/h3-20H,21-24H2,1-2H3,(H,40,41);;. The third-order valence-electron chi connectivity index (χ3n) is 7.98. The minimum absolute atomic E-state index is 0. The average molecular weight is 596 g/mol. The molecule has 44 heavy (non-hydrogen) atoms. The fourth-order valence-corrected chi connectivity index (χ4v) is 5.48. The molecule has 0 fully saturated rings. The summed E-state index contributed by atoms with van der Waals surface area (Å²) < 4.78 is 12.1. The Labute approximate surface area is 278 Å². The molecule has 1 aliphatic heterocycles. The minimum atomic E-state index is -0.827. The predicted molar refractivity (Wildman–Crippen MR) is 172 cm³/mol. The van der Waals surface area contributed by atoms with E-state index in [1.54, 1.807) is 0 Å². The number of pyridine rings is 1. The molecule has 5 aromatic rings. The van der Waals surface area contributed by atoms with Gasteiger partial charge in [0.2, 0.25) is 0 Å². The first kappa shape index (κ1) is 31.4. The molecule has 7 nitrogen and oxygen atoms in total. The number of hydrogen-bond acceptors (Lipinski definition) is 6. The fourth-order valence-electron chi connectivity index (χ4n) is 5.48. The third-order valence-corrected chi connectivity index (χ3v) is 7.98. The number of benzene rings is 4. The molecule has 1 aliphatic rings.